The molecule has 6 nitrogen and oxygen atoms in total. The zero-order valence-electron chi connectivity index (χ0n) is 15.8. The van der Waals surface area contributed by atoms with Crippen molar-refractivity contribution >= 4 is 11.9 Å². The van der Waals surface area contributed by atoms with Gasteiger partial charge in [0.25, 0.3) is 0 Å². The van der Waals surface area contributed by atoms with Gasteiger partial charge in [-0.2, -0.15) is 0 Å². The van der Waals surface area contributed by atoms with Crippen molar-refractivity contribution in [1.82, 2.24) is 15.5 Å². The van der Waals surface area contributed by atoms with E-state index in [1.807, 2.05) is 12.1 Å². The minimum absolute atomic E-state index is 0.00166. The molecule has 0 bridgehead atoms. The van der Waals surface area contributed by atoms with E-state index < -0.39 is 0 Å². The summed E-state index contributed by atoms with van der Waals surface area (Å²) in [4.78, 5) is 17.9. The van der Waals surface area contributed by atoms with Crippen molar-refractivity contribution in [2.75, 3.05) is 33.7 Å². The quantitative estimate of drug-likeness (QED) is 0.559. The summed E-state index contributed by atoms with van der Waals surface area (Å²) in [5, 5.41) is 6.79. The molecule has 6 heteroatoms. The van der Waals surface area contributed by atoms with Crippen LogP contribution < -0.4 is 10.6 Å². The van der Waals surface area contributed by atoms with Crippen LogP contribution in [0.4, 0.5) is 0 Å². The monoisotopic (exact) mass is 348 g/mol. The first-order chi connectivity index (χ1) is 12.0. The summed E-state index contributed by atoms with van der Waals surface area (Å²) in [6.07, 6.45) is 8.81. The number of carbonyl (C=O) groups excluding carboxylic acids is 1. The minimum Gasteiger partial charge on any atom is -0.469 e. The van der Waals surface area contributed by atoms with Gasteiger partial charge in [-0.15, -0.1) is 0 Å². The Kier molecular flexibility index (Phi) is 7.34. The fourth-order valence-electron chi connectivity index (χ4n) is 3.27. The van der Waals surface area contributed by atoms with Crippen LogP contribution in [0.2, 0.25) is 0 Å². The molecular formula is C19H32N4O2. The van der Waals surface area contributed by atoms with Crippen LogP contribution in [0.3, 0.4) is 0 Å². The molecule has 2 N–H and O–H groups in total. The average molecular weight is 348 g/mol. The molecular weight excluding hydrogens is 316 g/mol. The Morgan fingerprint density at radius 2 is 2.08 bits per heavy atom. The van der Waals surface area contributed by atoms with Gasteiger partial charge >= 0.3 is 0 Å². The van der Waals surface area contributed by atoms with Crippen molar-refractivity contribution in [3.8, 4) is 0 Å². The largest absolute Gasteiger partial charge is 0.469 e. The first kappa shape index (κ1) is 19.3. The van der Waals surface area contributed by atoms with E-state index in [0.29, 0.717) is 17.9 Å². The molecule has 0 saturated heterocycles. The van der Waals surface area contributed by atoms with Crippen LogP contribution >= 0.6 is 0 Å². The number of guanidine groups is 1. The second-order valence-electron chi connectivity index (χ2n) is 7.12. The molecule has 1 saturated carbocycles. The van der Waals surface area contributed by atoms with Crippen molar-refractivity contribution in [3.05, 3.63) is 24.2 Å². The minimum atomic E-state index is -0.00166. The van der Waals surface area contributed by atoms with Gasteiger partial charge in [-0.3, -0.25) is 4.79 Å². The number of amides is 1. The number of carbonyl (C=O) groups is 1. The Balaban J connectivity index is 1.90. The fraction of sp³-hybridized carbons (Fsp3) is 0.684. The van der Waals surface area contributed by atoms with Crippen LogP contribution in [0.5, 0.6) is 0 Å². The summed E-state index contributed by atoms with van der Waals surface area (Å²) in [6.45, 7) is 4.05. The number of likely N-dealkylation sites (N-methyl/N-ethyl adjacent to an activating group) is 1. The van der Waals surface area contributed by atoms with Crippen molar-refractivity contribution in [2.45, 2.75) is 45.4 Å². The van der Waals surface area contributed by atoms with Crippen molar-refractivity contribution in [3.63, 3.8) is 0 Å². The molecule has 0 spiro atoms. The molecule has 140 valence electrons. The van der Waals surface area contributed by atoms with Gasteiger partial charge in [0, 0.05) is 33.6 Å². The number of rotatable bonds is 8. The molecule has 0 aliphatic heterocycles. The third-order valence-electron chi connectivity index (χ3n) is 5.16. The van der Waals surface area contributed by atoms with Crippen molar-refractivity contribution < 1.29 is 9.21 Å². The molecule has 1 heterocycles. The summed E-state index contributed by atoms with van der Waals surface area (Å²) in [5.41, 5.74) is 0.370. The van der Waals surface area contributed by atoms with Crippen LogP contribution in [0, 0.1) is 5.41 Å². The molecule has 25 heavy (non-hydrogen) atoms. The average Bonchev–Trinajstić information content (AvgIpc) is 3.28. The molecule has 2 rings (SSSR count). The standard InChI is InChI=1S/C19H32N4O2/c1-4-19(10-5-6-11-19)15-22-18(21-14-17(24)23(2)3)20-12-9-16-8-7-13-25-16/h7-8,13H,4-6,9-12,14-15H2,1-3H3,(H2,20,21,22). The summed E-state index contributed by atoms with van der Waals surface area (Å²) in [5.74, 6) is 1.65. The summed E-state index contributed by atoms with van der Waals surface area (Å²) in [7, 11) is 3.50. The van der Waals surface area contributed by atoms with E-state index >= 15 is 0 Å². The van der Waals surface area contributed by atoms with E-state index in [2.05, 4.69) is 22.5 Å². The Bertz CT molecular complexity index is 546. The first-order valence-corrected chi connectivity index (χ1v) is 9.29. The number of aliphatic imine (C=N–C) groups is 1. The molecule has 1 aromatic heterocycles. The lowest BCUT2D eigenvalue weighted by molar-refractivity contribution is -0.127. The normalized spacial score (nSPS) is 16.7. The molecule has 0 aromatic carbocycles. The molecule has 0 unspecified atom stereocenters. The van der Waals surface area contributed by atoms with E-state index in [4.69, 9.17) is 4.42 Å². The molecule has 0 radical (unpaired) electrons. The number of hydrogen-bond donors (Lipinski definition) is 2. The van der Waals surface area contributed by atoms with E-state index in [1.54, 1.807) is 25.3 Å². The zero-order valence-corrected chi connectivity index (χ0v) is 15.8. The number of nitrogens with one attached hydrogen (secondary N) is 2. The van der Waals surface area contributed by atoms with Crippen molar-refractivity contribution in [1.29, 1.82) is 0 Å². The van der Waals surface area contributed by atoms with Gasteiger partial charge in [-0.25, -0.2) is 4.99 Å². The maximum absolute atomic E-state index is 11.8. The third kappa shape index (κ3) is 6.11. The maximum atomic E-state index is 11.8. The highest BCUT2D eigenvalue weighted by atomic mass is 16.3. The zero-order chi connectivity index (χ0) is 18.1. The Morgan fingerprint density at radius 3 is 2.68 bits per heavy atom. The summed E-state index contributed by atoms with van der Waals surface area (Å²) >= 11 is 0. The maximum Gasteiger partial charge on any atom is 0.243 e. The molecule has 1 amide bonds. The van der Waals surface area contributed by atoms with Gasteiger partial charge in [-0.05, 0) is 36.8 Å². The van der Waals surface area contributed by atoms with E-state index in [0.717, 1.165) is 18.7 Å². The van der Waals surface area contributed by atoms with Gasteiger partial charge in [0.1, 0.15) is 12.3 Å². The highest BCUT2D eigenvalue weighted by Crippen LogP contribution is 2.40. The number of furan rings is 1. The van der Waals surface area contributed by atoms with Crippen LogP contribution in [-0.2, 0) is 11.2 Å². The van der Waals surface area contributed by atoms with E-state index in [1.165, 1.54) is 32.1 Å². The van der Waals surface area contributed by atoms with Gasteiger partial charge < -0.3 is 20.0 Å². The second kappa shape index (κ2) is 9.49. The Labute approximate surface area is 151 Å². The smallest absolute Gasteiger partial charge is 0.243 e. The lowest BCUT2D eigenvalue weighted by Crippen LogP contribution is -2.44. The van der Waals surface area contributed by atoms with Gasteiger partial charge in [-0.1, -0.05) is 19.8 Å². The fourth-order valence-corrected chi connectivity index (χ4v) is 3.27. The molecule has 1 aromatic rings. The second-order valence-corrected chi connectivity index (χ2v) is 7.12. The first-order valence-electron chi connectivity index (χ1n) is 9.29. The van der Waals surface area contributed by atoms with E-state index in [9.17, 15) is 4.79 Å². The number of nitrogens with zero attached hydrogens (tertiary/aromatic N) is 2. The van der Waals surface area contributed by atoms with Gasteiger partial charge in [0.15, 0.2) is 5.96 Å². The van der Waals surface area contributed by atoms with Crippen LogP contribution in [0.1, 0.15) is 44.8 Å². The van der Waals surface area contributed by atoms with Crippen LogP contribution in [-0.4, -0.2) is 50.5 Å². The van der Waals surface area contributed by atoms with E-state index in [-0.39, 0.29) is 12.5 Å². The molecule has 1 aliphatic carbocycles. The predicted octanol–water partition coefficient (Wildman–Crippen LogP) is 2.42. The van der Waals surface area contributed by atoms with Crippen LogP contribution in [0.25, 0.3) is 0 Å². The highest BCUT2D eigenvalue weighted by molar-refractivity contribution is 5.84. The van der Waals surface area contributed by atoms with Crippen LogP contribution in [0.15, 0.2) is 27.8 Å². The Morgan fingerprint density at radius 1 is 1.32 bits per heavy atom. The van der Waals surface area contributed by atoms with Crippen molar-refractivity contribution in [2.24, 2.45) is 10.4 Å². The lowest BCUT2D eigenvalue weighted by atomic mass is 9.83. The van der Waals surface area contributed by atoms with Gasteiger partial charge in [0.2, 0.25) is 5.91 Å². The molecule has 1 fully saturated rings. The lowest BCUT2D eigenvalue weighted by Gasteiger charge is -2.28. The molecule has 1 aliphatic rings. The topological polar surface area (TPSA) is 69.9 Å². The SMILES string of the molecule is CCC1(CNC(=NCC(=O)N(C)C)NCCc2ccco2)CCCC1. The predicted molar refractivity (Wildman–Crippen MR) is 101 cm³/mol. The Hall–Kier alpha value is -1.98. The number of hydrogen-bond acceptors (Lipinski definition) is 3. The highest BCUT2D eigenvalue weighted by Gasteiger charge is 2.31. The van der Waals surface area contributed by atoms with Gasteiger partial charge in [0.05, 0.1) is 6.26 Å². The summed E-state index contributed by atoms with van der Waals surface area (Å²) in [6, 6.07) is 3.86. The third-order valence-corrected chi connectivity index (χ3v) is 5.16. The molecule has 0 atom stereocenters. The summed E-state index contributed by atoms with van der Waals surface area (Å²) < 4.78 is 5.36.